The van der Waals surface area contributed by atoms with Crippen LogP contribution in [0.5, 0.6) is 0 Å². The Balaban J connectivity index is 2.03. The van der Waals surface area contributed by atoms with Gasteiger partial charge in [0.2, 0.25) is 0 Å². The van der Waals surface area contributed by atoms with Crippen LogP contribution < -0.4 is 5.32 Å². The molecule has 1 unspecified atom stereocenters. The van der Waals surface area contributed by atoms with Gasteiger partial charge in [0, 0.05) is 33.2 Å². The molecule has 1 aliphatic rings. The summed E-state index contributed by atoms with van der Waals surface area (Å²) in [7, 11) is -0.422. The highest BCUT2D eigenvalue weighted by Gasteiger charge is 2.33. The molecule has 1 saturated heterocycles. The molecule has 0 aliphatic carbocycles. The fourth-order valence-electron chi connectivity index (χ4n) is 2.44. The van der Waals surface area contributed by atoms with Crippen LogP contribution >= 0.6 is 0 Å². The molecule has 2 N–H and O–H groups in total. The van der Waals surface area contributed by atoms with Gasteiger partial charge in [0.05, 0.1) is 12.4 Å². The summed E-state index contributed by atoms with van der Waals surface area (Å²) in [4.78, 5) is 18.5. The molecule has 1 aliphatic heterocycles. The van der Waals surface area contributed by atoms with E-state index < -0.39 is 16.2 Å². The summed E-state index contributed by atoms with van der Waals surface area (Å²) in [6.45, 7) is 0.894. The third kappa shape index (κ3) is 4.15. The van der Waals surface area contributed by atoms with Crippen LogP contribution in [-0.2, 0) is 10.2 Å². The number of piperidine rings is 1. The molecule has 10 heteroatoms. The third-order valence-electron chi connectivity index (χ3n) is 3.72. The minimum Gasteiger partial charge on any atom is -0.476 e. The maximum atomic E-state index is 12.4. The predicted molar refractivity (Wildman–Crippen MR) is 84.4 cm³/mol. The summed E-state index contributed by atoms with van der Waals surface area (Å²) in [6, 6.07) is -0.169. The van der Waals surface area contributed by atoms with Crippen LogP contribution in [0.3, 0.4) is 0 Å². The van der Waals surface area contributed by atoms with Crippen LogP contribution in [0.15, 0.2) is 12.4 Å². The largest absolute Gasteiger partial charge is 0.476 e. The van der Waals surface area contributed by atoms with E-state index in [4.69, 9.17) is 5.11 Å². The lowest BCUT2D eigenvalue weighted by atomic mass is 10.1. The summed E-state index contributed by atoms with van der Waals surface area (Å²) in [5, 5.41) is 11.8. The van der Waals surface area contributed by atoms with Gasteiger partial charge in [-0.25, -0.2) is 14.8 Å². The summed E-state index contributed by atoms with van der Waals surface area (Å²) in [5.74, 6) is -0.720. The van der Waals surface area contributed by atoms with E-state index in [0.717, 1.165) is 19.3 Å². The molecule has 0 saturated carbocycles. The van der Waals surface area contributed by atoms with Crippen molar-refractivity contribution in [2.24, 2.45) is 0 Å². The molecule has 9 nitrogen and oxygen atoms in total. The maximum absolute atomic E-state index is 12.4. The number of rotatable bonds is 6. The number of hydrogen-bond donors (Lipinski definition) is 2. The highest BCUT2D eigenvalue weighted by molar-refractivity contribution is 7.86. The highest BCUT2D eigenvalue weighted by atomic mass is 32.2. The van der Waals surface area contributed by atoms with Crippen LogP contribution in [0, 0.1) is 0 Å². The Bertz CT molecular complexity index is 647. The number of aromatic carboxylic acids is 1. The lowest BCUT2D eigenvalue weighted by Crippen LogP contribution is -2.51. The molecule has 128 valence electrons. The molecular weight excluding hydrogens is 322 g/mol. The van der Waals surface area contributed by atoms with Gasteiger partial charge in [-0.05, 0) is 12.8 Å². The molecule has 1 aromatic rings. The number of hydrogen-bond acceptors (Lipinski definition) is 6. The second-order valence-electron chi connectivity index (χ2n) is 5.52. The van der Waals surface area contributed by atoms with Crippen LogP contribution in [0.4, 0.5) is 5.82 Å². The van der Waals surface area contributed by atoms with E-state index in [-0.39, 0.29) is 11.7 Å². The molecule has 0 aromatic carbocycles. The van der Waals surface area contributed by atoms with Gasteiger partial charge in [0.25, 0.3) is 10.2 Å². The van der Waals surface area contributed by atoms with Crippen molar-refractivity contribution in [3.05, 3.63) is 18.1 Å². The first kappa shape index (κ1) is 17.6. The van der Waals surface area contributed by atoms with E-state index in [0.29, 0.717) is 18.9 Å². The second-order valence-corrected chi connectivity index (χ2v) is 7.62. The number of carboxylic acid groups (broad SMARTS) is 1. The van der Waals surface area contributed by atoms with Gasteiger partial charge in [0.15, 0.2) is 5.69 Å². The van der Waals surface area contributed by atoms with E-state index in [1.165, 1.54) is 35.1 Å². The Kier molecular flexibility index (Phi) is 5.50. The molecule has 0 radical (unpaired) electrons. The van der Waals surface area contributed by atoms with E-state index in [9.17, 15) is 13.2 Å². The molecule has 1 atom stereocenters. The molecule has 23 heavy (non-hydrogen) atoms. The van der Waals surface area contributed by atoms with Gasteiger partial charge in [-0.2, -0.15) is 17.0 Å². The summed E-state index contributed by atoms with van der Waals surface area (Å²) in [6.07, 6.45) is 5.07. The smallest absolute Gasteiger partial charge is 0.356 e. The minimum atomic E-state index is -3.46. The van der Waals surface area contributed by atoms with Crippen LogP contribution in [-0.4, -0.2) is 71.3 Å². The lowest BCUT2D eigenvalue weighted by molar-refractivity contribution is 0.0690. The zero-order valence-electron chi connectivity index (χ0n) is 13.1. The summed E-state index contributed by atoms with van der Waals surface area (Å²) >= 11 is 0. The number of nitrogens with zero attached hydrogens (tertiary/aromatic N) is 4. The van der Waals surface area contributed by atoms with Crippen LogP contribution in [0.2, 0.25) is 0 Å². The Labute approximate surface area is 135 Å². The zero-order chi connectivity index (χ0) is 17.0. The third-order valence-corrected chi connectivity index (χ3v) is 5.72. The predicted octanol–water partition coefficient (Wildman–Crippen LogP) is 0.248. The Hall–Kier alpha value is -1.78. The standard InChI is InChI=1S/C13H21N5O4S/c1-17(2)23(21,22)18-6-4-3-5-10(18)7-15-12-9-14-11(8-16-12)13(19)20/h8-10H,3-7H2,1-2H3,(H,15,16)(H,19,20). The van der Waals surface area contributed by atoms with Crippen molar-refractivity contribution in [2.75, 3.05) is 32.5 Å². The molecule has 0 spiro atoms. The Morgan fingerprint density at radius 2 is 2.13 bits per heavy atom. The molecule has 2 rings (SSSR count). The topological polar surface area (TPSA) is 116 Å². The lowest BCUT2D eigenvalue weighted by Gasteiger charge is -2.36. The molecule has 0 bridgehead atoms. The number of carboxylic acids is 1. The number of anilines is 1. The molecule has 1 fully saturated rings. The van der Waals surface area contributed by atoms with Crippen molar-refractivity contribution < 1.29 is 18.3 Å². The fourth-order valence-corrected chi connectivity index (χ4v) is 3.78. The normalized spacial score (nSPS) is 19.7. The van der Waals surface area contributed by atoms with Crippen LogP contribution in [0.25, 0.3) is 0 Å². The van der Waals surface area contributed by atoms with E-state index >= 15 is 0 Å². The molecule has 0 amide bonds. The quantitative estimate of drug-likeness (QED) is 0.760. The van der Waals surface area contributed by atoms with Gasteiger partial charge in [-0.3, -0.25) is 0 Å². The van der Waals surface area contributed by atoms with Crippen molar-refractivity contribution in [1.29, 1.82) is 0 Å². The van der Waals surface area contributed by atoms with Crippen molar-refractivity contribution in [3.8, 4) is 0 Å². The summed E-state index contributed by atoms with van der Waals surface area (Å²) in [5.41, 5.74) is -0.134. The van der Waals surface area contributed by atoms with E-state index in [2.05, 4.69) is 15.3 Å². The van der Waals surface area contributed by atoms with Gasteiger partial charge in [-0.15, -0.1) is 0 Å². The number of aromatic nitrogens is 2. The fraction of sp³-hybridized carbons (Fsp3) is 0.615. The molecule has 2 heterocycles. The number of carbonyl (C=O) groups is 1. The van der Waals surface area contributed by atoms with Gasteiger partial charge < -0.3 is 10.4 Å². The maximum Gasteiger partial charge on any atom is 0.356 e. The first-order chi connectivity index (χ1) is 10.8. The van der Waals surface area contributed by atoms with Gasteiger partial charge >= 0.3 is 5.97 Å². The van der Waals surface area contributed by atoms with Crippen molar-refractivity contribution in [1.82, 2.24) is 18.6 Å². The second kappa shape index (κ2) is 7.20. The van der Waals surface area contributed by atoms with Gasteiger partial charge in [0.1, 0.15) is 5.82 Å². The first-order valence-electron chi connectivity index (χ1n) is 7.31. The van der Waals surface area contributed by atoms with E-state index in [1.54, 1.807) is 0 Å². The average molecular weight is 343 g/mol. The Morgan fingerprint density at radius 3 is 2.70 bits per heavy atom. The average Bonchev–Trinajstić information content (AvgIpc) is 2.53. The first-order valence-corrected chi connectivity index (χ1v) is 8.70. The van der Waals surface area contributed by atoms with Crippen molar-refractivity contribution >= 4 is 22.0 Å². The van der Waals surface area contributed by atoms with Gasteiger partial charge in [-0.1, -0.05) is 6.42 Å². The van der Waals surface area contributed by atoms with Crippen molar-refractivity contribution in [2.45, 2.75) is 25.3 Å². The minimum absolute atomic E-state index is 0.134. The monoisotopic (exact) mass is 343 g/mol. The molecule has 1 aromatic heterocycles. The highest BCUT2D eigenvalue weighted by Crippen LogP contribution is 2.22. The van der Waals surface area contributed by atoms with Crippen LogP contribution in [0.1, 0.15) is 29.8 Å². The summed E-state index contributed by atoms with van der Waals surface area (Å²) < 4.78 is 27.4. The zero-order valence-corrected chi connectivity index (χ0v) is 14.0. The van der Waals surface area contributed by atoms with E-state index in [1.807, 2.05) is 0 Å². The SMILES string of the molecule is CN(C)S(=O)(=O)N1CCCCC1CNc1cnc(C(=O)O)cn1. The Morgan fingerprint density at radius 1 is 1.39 bits per heavy atom. The number of nitrogens with one attached hydrogen (secondary N) is 1. The van der Waals surface area contributed by atoms with Crippen molar-refractivity contribution in [3.63, 3.8) is 0 Å². The molecular formula is C13H21N5O4S.